The van der Waals surface area contributed by atoms with Crippen LogP contribution in [0.2, 0.25) is 0 Å². The second-order valence-corrected chi connectivity index (χ2v) is 7.35. The molecule has 0 atom stereocenters. The SMILES string of the molecule is O=C(c1ccc(F)c(S(=O)(=O)O)c1)c1ccc(F)c(S(=O)(=O)O)c1.[H-].[K+]. The normalized spacial score (nSPS) is 11.7. The molecule has 0 aromatic heterocycles. The summed E-state index contributed by atoms with van der Waals surface area (Å²) < 4.78 is 88.7. The van der Waals surface area contributed by atoms with Gasteiger partial charge in [-0.3, -0.25) is 13.9 Å². The van der Waals surface area contributed by atoms with Gasteiger partial charge < -0.3 is 1.43 Å². The number of hydrogen-bond acceptors (Lipinski definition) is 5. The fourth-order valence-corrected chi connectivity index (χ4v) is 3.03. The topological polar surface area (TPSA) is 126 Å². The minimum Gasteiger partial charge on any atom is -1.00 e. The van der Waals surface area contributed by atoms with E-state index in [9.17, 15) is 30.4 Å². The predicted octanol–water partition coefficient (Wildman–Crippen LogP) is -1.19. The van der Waals surface area contributed by atoms with Crippen LogP contribution in [-0.4, -0.2) is 31.7 Å². The maximum absolute atomic E-state index is 13.4. The number of halogens is 2. The molecule has 130 valence electrons. The van der Waals surface area contributed by atoms with Crippen molar-refractivity contribution in [3.05, 3.63) is 59.2 Å². The summed E-state index contributed by atoms with van der Waals surface area (Å²) in [6.45, 7) is 0. The summed E-state index contributed by atoms with van der Waals surface area (Å²) in [5.74, 6) is -3.58. The van der Waals surface area contributed by atoms with E-state index in [1.54, 1.807) is 0 Å². The largest absolute Gasteiger partial charge is 1.00 e. The molecule has 2 aromatic carbocycles. The predicted molar refractivity (Wildman–Crippen MR) is 77.0 cm³/mol. The third-order valence-electron chi connectivity index (χ3n) is 2.94. The van der Waals surface area contributed by atoms with Gasteiger partial charge in [0.25, 0.3) is 20.2 Å². The molecule has 0 amide bonds. The van der Waals surface area contributed by atoms with Gasteiger partial charge in [0.1, 0.15) is 21.4 Å². The van der Waals surface area contributed by atoms with Gasteiger partial charge in [0.2, 0.25) is 0 Å². The van der Waals surface area contributed by atoms with Crippen LogP contribution in [0, 0.1) is 11.6 Å². The van der Waals surface area contributed by atoms with Gasteiger partial charge >= 0.3 is 51.4 Å². The number of hydrogen-bond donors (Lipinski definition) is 2. The second-order valence-electron chi connectivity index (χ2n) is 4.57. The van der Waals surface area contributed by atoms with Crippen molar-refractivity contribution < 1.29 is 92.3 Å². The maximum Gasteiger partial charge on any atom is 1.00 e. The van der Waals surface area contributed by atoms with Crippen molar-refractivity contribution in [2.45, 2.75) is 9.79 Å². The van der Waals surface area contributed by atoms with E-state index in [1.807, 2.05) is 0 Å². The summed E-state index contributed by atoms with van der Waals surface area (Å²) in [6, 6.07) is 4.10. The Bertz CT molecular complexity index is 973. The first kappa shape index (κ1) is 22.5. The average molecular weight is 418 g/mol. The summed E-state index contributed by atoms with van der Waals surface area (Å²) in [4.78, 5) is 9.93. The summed E-state index contributed by atoms with van der Waals surface area (Å²) in [5.41, 5.74) is -0.811. The molecule has 0 unspecified atom stereocenters. The molecule has 0 aliphatic heterocycles. The molecule has 0 heterocycles. The Morgan fingerprint density at radius 2 is 1.12 bits per heavy atom. The molecule has 0 saturated heterocycles. The molecule has 0 spiro atoms. The van der Waals surface area contributed by atoms with Crippen molar-refractivity contribution in [2.24, 2.45) is 0 Å². The number of ketones is 1. The van der Waals surface area contributed by atoms with Crippen LogP contribution in [-0.2, 0) is 20.2 Å². The van der Waals surface area contributed by atoms with Crippen molar-refractivity contribution in [1.82, 2.24) is 0 Å². The number of carbonyl (C=O) groups excluding carboxylic acids is 1. The van der Waals surface area contributed by atoms with Gasteiger partial charge in [0.05, 0.1) is 0 Å². The van der Waals surface area contributed by atoms with Crippen LogP contribution in [0.4, 0.5) is 8.78 Å². The Morgan fingerprint density at radius 3 is 1.40 bits per heavy atom. The quantitative estimate of drug-likeness (QED) is 0.363. The third-order valence-corrected chi connectivity index (χ3v) is 4.68. The molecule has 0 saturated carbocycles. The van der Waals surface area contributed by atoms with Gasteiger partial charge in [-0.2, -0.15) is 16.8 Å². The van der Waals surface area contributed by atoms with E-state index in [0.717, 1.165) is 12.1 Å². The van der Waals surface area contributed by atoms with E-state index >= 15 is 0 Å². The van der Waals surface area contributed by atoms with Gasteiger partial charge in [-0.25, -0.2) is 8.78 Å². The Hall–Kier alpha value is -0.574. The van der Waals surface area contributed by atoms with Gasteiger partial charge in [0.15, 0.2) is 5.78 Å². The minimum absolute atomic E-state index is 0. The van der Waals surface area contributed by atoms with Gasteiger partial charge in [-0.15, -0.1) is 0 Å². The molecule has 25 heavy (non-hydrogen) atoms. The summed E-state index contributed by atoms with van der Waals surface area (Å²) >= 11 is 0. The zero-order valence-corrected chi connectivity index (χ0v) is 17.2. The maximum atomic E-state index is 13.4. The van der Waals surface area contributed by atoms with Crippen molar-refractivity contribution >= 4 is 26.0 Å². The smallest absolute Gasteiger partial charge is 1.00 e. The van der Waals surface area contributed by atoms with Gasteiger partial charge in [-0.1, -0.05) is 0 Å². The van der Waals surface area contributed by atoms with E-state index in [-0.39, 0.29) is 52.8 Å². The molecule has 12 heteroatoms. The molecular weight excluding hydrogens is 409 g/mol. The van der Waals surface area contributed by atoms with Crippen LogP contribution in [0.3, 0.4) is 0 Å². The molecule has 7 nitrogen and oxygen atoms in total. The zero-order valence-electron chi connectivity index (χ0n) is 13.5. The van der Waals surface area contributed by atoms with Crippen molar-refractivity contribution in [3.8, 4) is 0 Å². The summed E-state index contributed by atoms with van der Waals surface area (Å²) in [6.07, 6.45) is 0. The monoisotopic (exact) mass is 418 g/mol. The van der Waals surface area contributed by atoms with Gasteiger partial charge in [0, 0.05) is 11.1 Å². The van der Waals surface area contributed by atoms with Crippen LogP contribution in [0.15, 0.2) is 46.2 Å². The number of carbonyl (C=O) groups is 1. The first-order valence-corrected chi connectivity index (χ1v) is 8.88. The second kappa shape index (κ2) is 7.98. The van der Waals surface area contributed by atoms with E-state index in [4.69, 9.17) is 9.11 Å². The first-order valence-electron chi connectivity index (χ1n) is 6.00. The van der Waals surface area contributed by atoms with Crippen molar-refractivity contribution in [2.75, 3.05) is 0 Å². The molecule has 0 fully saturated rings. The Kier molecular flexibility index (Phi) is 7.17. The van der Waals surface area contributed by atoms with E-state index < -0.39 is 58.6 Å². The Morgan fingerprint density at radius 1 is 0.800 bits per heavy atom. The standard InChI is InChI=1S/C13H8F2O7S2.K.H/c14-9-3-1-7(5-11(9)23(17,18)19)13(16)8-2-4-10(15)12(6-8)24(20,21)22;;/h1-6H,(H,17,18,19)(H,20,21,22);;/q;+1;-1. The fourth-order valence-electron chi connectivity index (χ4n) is 1.85. The fraction of sp³-hybridized carbons (Fsp3) is 0. The van der Waals surface area contributed by atoms with E-state index in [0.29, 0.717) is 24.3 Å². The van der Waals surface area contributed by atoms with Crippen LogP contribution in [0.25, 0.3) is 0 Å². The van der Waals surface area contributed by atoms with Crippen molar-refractivity contribution in [1.29, 1.82) is 0 Å². The summed E-state index contributed by atoms with van der Waals surface area (Å²) in [5, 5.41) is 0. The van der Waals surface area contributed by atoms with Crippen LogP contribution < -0.4 is 51.4 Å². The summed E-state index contributed by atoms with van der Waals surface area (Å²) in [7, 11) is -9.87. The van der Waals surface area contributed by atoms with Crippen LogP contribution in [0.1, 0.15) is 17.3 Å². The molecule has 0 radical (unpaired) electrons. The van der Waals surface area contributed by atoms with Gasteiger partial charge in [-0.05, 0) is 36.4 Å². The molecule has 0 aliphatic carbocycles. The first-order chi connectivity index (χ1) is 10.9. The molecule has 0 aliphatic rings. The third kappa shape index (κ3) is 5.21. The number of benzene rings is 2. The Balaban J connectivity index is 0.00000312. The molecule has 0 bridgehead atoms. The van der Waals surface area contributed by atoms with E-state index in [1.165, 1.54) is 0 Å². The Labute approximate surface area is 185 Å². The minimum atomic E-state index is -4.93. The molecule has 2 rings (SSSR count). The van der Waals surface area contributed by atoms with E-state index in [2.05, 4.69) is 0 Å². The average Bonchev–Trinajstić information content (AvgIpc) is 2.45. The van der Waals surface area contributed by atoms with Crippen molar-refractivity contribution in [3.63, 3.8) is 0 Å². The number of rotatable bonds is 4. The molecule has 2 aromatic rings. The zero-order chi connectivity index (χ0) is 18.3. The van der Waals surface area contributed by atoms with Crippen LogP contribution >= 0.6 is 0 Å². The molecular formula is C13H9F2KO7S2. The van der Waals surface area contributed by atoms with Crippen LogP contribution in [0.5, 0.6) is 0 Å². The molecule has 2 N–H and O–H groups in total.